The quantitative estimate of drug-likeness (QED) is 0.388. The Bertz CT molecular complexity index is 953. The highest BCUT2D eigenvalue weighted by Crippen LogP contribution is 2.69. The molecule has 0 heterocycles. The minimum Gasteiger partial charge on any atom is -0.393 e. The van der Waals surface area contributed by atoms with E-state index in [1.807, 2.05) is 30.3 Å². The van der Waals surface area contributed by atoms with Crippen molar-refractivity contribution >= 4 is 0 Å². The first-order valence-electron chi connectivity index (χ1n) is 14.5. The van der Waals surface area contributed by atoms with Gasteiger partial charge in [-0.2, -0.15) is 13.2 Å². The highest BCUT2D eigenvalue weighted by molar-refractivity contribution is 5.18. The van der Waals surface area contributed by atoms with Gasteiger partial charge in [-0.15, -0.1) is 0 Å². The van der Waals surface area contributed by atoms with Gasteiger partial charge in [-0.05, 0) is 110 Å². The van der Waals surface area contributed by atoms with Crippen molar-refractivity contribution in [2.24, 2.45) is 46.3 Å². The largest absolute Gasteiger partial charge is 0.417 e. The van der Waals surface area contributed by atoms with E-state index in [2.05, 4.69) is 20.8 Å². The first-order valence-corrected chi connectivity index (χ1v) is 14.5. The molecule has 4 aliphatic rings. The van der Waals surface area contributed by atoms with Crippen molar-refractivity contribution in [3.05, 3.63) is 35.9 Å². The van der Waals surface area contributed by atoms with Crippen LogP contribution in [0.5, 0.6) is 0 Å². The smallest absolute Gasteiger partial charge is 0.393 e. The molecule has 0 aromatic heterocycles. The van der Waals surface area contributed by atoms with Crippen LogP contribution in [-0.4, -0.2) is 33.2 Å². The zero-order valence-electron chi connectivity index (χ0n) is 22.6. The number of aliphatic hydroxyl groups is 3. The molecule has 4 aliphatic carbocycles. The lowest BCUT2D eigenvalue weighted by atomic mass is 9.43. The topological polar surface area (TPSA) is 60.7 Å². The summed E-state index contributed by atoms with van der Waals surface area (Å²) in [4.78, 5) is 0. The number of fused-ring (bicyclic) bond motifs is 5. The third-order valence-corrected chi connectivity index (χ3v) is 12.2. The first-order chi connectivity index (χ1) is 17.3. The predicted molar refractivity (Wildman–Crippen MR) is 137 cm³/mol. The lowest BCUT2D eigenvalue weighted by Gasteiger charge is -2.62. The van der Waals surface area contributed by atoms with E-state index < -0.39 is 24.0 Å². The van der Waals surface area contributed by atoms with Gasteiger partial charge in [-0.1, -0.05) is 51.1 Å². The monoisotopic (exact) mass is 522 g/mol. The Morgan fingerprint density at radius 1 is 0.892 bits per heavy atom. The normalized spacial score (nSPS) is 44.3. The van der Waals surface area contributed by atoms with E-state index in [0.717, 1.165) is 44.1 Å². The van der Waals surface area contributed by atoms with Crippen molar-refractivity contribution in [1.29, 1.82) is 0 Å². The Hall–Kier alpha value is -1.11. The maximum atomic E-state index is 13.6. The van der Waals surface area contributed by atoms with Crippen molar-refractivity contribution in [1.82, 2.24) is 0 Å². The van der Waals surface area contributed by atoms with Crippen molar-refractivity contribution < 1.29 is 28.5 Å². The van der Waals surface area contributed by atoms with Crippen molar-refractivity contribution in [3.63, 3.8) is 0 Å². The molecule has 0 aliphatic heterocycles. The summed E-state index contributed by atoms with van der Waals surface area (Å²) in [6, 6.07) is 9.52. The molecular formula is C31H45F3O3. The zero-order chi connectivity index (χ0) is 26.8. The van der Waals surface area contributed by atoms with Crippen LogP contribution in [0.4, 0.5) is 13.2 Å². The van der Waals surface area contributed by atoms with Gasteiger partial charge in [0.25, 0.3) is 0 Å². The molecule has 6 heteroatoms. The zero-order valence-corrected chi connectivity index (χ0v) is 22.6. The number of aliphatic hydroxyl groups excluding tert-OH is 2. The molecule has 0 saturated heterocycles. The molecule has 4 fully saturated rings. The molecule has 11 atom stereocenters. The molecule has 5 rings (SSSR count). The van der Waals surface area contributed by atoms with E-state index in [-0.39, 0.29) is 35.5 Å². The van der Waals surface area contributed by atoms with Gasteiger partial charge in [-0.25, -0.2) is 0 Å². The summed E-state index contributed by atoms with van der Waals surface area (Å²) >= 11 is 0. The van der Waals surface area contributed by atoms with Crippen molar-refractivity contribution in [2.45, 2.75) is 109 Å². The van der Waals surface area contributed by atoms with Gasteiger partial charge in [0.1, 0.15) is 0 Å². The minimum atomic E-state index is -4.56. The summed E-state index contributed by atoms with van der Waals surface area (Å²) in [5, 5.41) is 32.4. The van der Waals surface area contributed by atoms with Crippen LogP contribution in [0.15, 0.2) is 30.3 Å². The predicted octanol–water partition coefficient (Wildman–Crippen LogP) is 7.06. The Labute approximate surface area is 219 Å². The highest BCUT2D eigenvalue weighted by Gasteiger charge is 2.65. The molecule has 3 N–H and O–H groups in total. The highest BCUT2D eigenvalue weighted by atomic mass is 19.4. The summed E-state index contributed by atoms with van der Waals surface area (Å²) in [5.74, 6) is 1.85. The number of rotatable bonds is 5. The van der Waals surface area contributed by atoms with E-state index in [1.54, 1.807) is 0 Å². The van der Waals surface area contributed by atoms with Crippen molar-refractivity contribution in [3.8, 4) is 0 Å². The first kappa shape index (κ1) is 27.5. The third kappa shape index (κ3) is 4.47. The fraction of sp³-hybridized carbons (Fsp3) is 0.806. The summed E-state index contributed by atoms with van der Waals surface area (Å²) < 4.78 is 40.9. The molecule has 1 aromatic rings. The Morgan fingerprint density at radius 3 is 2.24 bits per heavy atom. The summed E-state index contributed by atoms with van der Waals surface area (Å²) in [7, 11) is 0. The number of hydrogen-bond acceptors (Lipinski definition) is 3. The van der Waals surface area contributed by atoms with Crippen LogP contribution >= 0.6 is 0 Å². The molecule has 0 amide bonds. The van der Waals surface area contributed by atoms with Crippen LogP contribution in [0, 0.1) is 46.3 Å². The van der Waals surface area contributed by atoms with Crippen molar-refractivity contribution in [2.75, 3.05) is 0 Å². The summed E-state index contributed by atoms with van der Waals surface area (Å²) in [6.45, 7) is 6.76. The molecule has 4 saturated carbocycles. The molecular weight excluding hydrogens is 477 g/mol. The van der Waals surface area contributed by atoms with Crippen LogP contribution in [0.25, 0.3) is 0 Å². The Kier molecular flexibility index (Phi) is 7.06. The van der Waals surface area contributed by atoms with Crippen LogP contribution in [0.3, 0.4) is 0 Å². The maximum Gasteiger partial charge on any atom is 0.417 e. The van der Waals surface area contributed by atoms with Gasteiger partial charge in [0.05, 0.1) is 12.2 Å². The van der Waals surface area contributed by atoms with Gasteiger partial charge < -0.3 is 15.3 Å². The second kappa shape index (κ2) is 9.52. The standard InChI is InChI=1S/C31H45F3O3/c1-19(26(35)17-27(36)20-7-5-4-6-8-20)23-11-12-24-22-10-9-21-18-30(37,31(32,33)34)16-15-28(21,2)25(22)13-14-29(23,24)3/h4-8,19,21-27,35-37H,9-18H2,1-3H3/t19-,21+,22+,23+,24+,25+,26-,27-,28+,29-,30+/m1/s1. The lowest BCUT2D eigenvalue weighted by molar-refractivity contribution is -0.290. The molecule has 0 bridgehead atoms. The van der Waals surface area contributed by atoms with E-state index in [9.17, 15) is 28.5 Å². The molecule has 37 heavy (non-hydrogen) atoms. The van der Waals surface area contributed by atoms with Crippen LogP contribution in [0.2, 0.25) is 0 Å². The minimum absolute atomic E-state index is 0.0732. The molecule has 0 unspecified atom stereocenters. The number of benzene rings is 1. The van der Waals surface area contributed by atoms with Gasteiger partial charge in [0.2, 0.25) is 0 Å². The second-order valence-corrected chi connectivity index (χ2v) is 13.7. The van der Waals surface area contributed by atoms with Crippen LogP contribution < -0.4 is 0 Å². The number of alkyl halides is 3. The number of halogens is 3. The number of hydrogen-bond donors (Lipinski definition) is 3. The van der Waals surface area contributed by atoms with E-state index >= 15 is 0 Å². The fourth-order valence-electron chi connectivity index (χ4n) is 9.93. The average Bonchev–Trinajstić information content (AvgIpc) is 3.21. The average molecular weight is 523 g/mol. The molecule has 3 nitrogen and oxygen atoms in total. The lowest BCUT2D eigenvalue weighted by Crippen LogP contribution is -2.59. The van der Waals surface area contributed by atoms with E-state index in [0.29, 0.717) is 36.5 Å². The SMILES string of the molecule is C[C@@H]([C@H](O)C[C@@H](O)c1ccccc1)[C@@H]1CC[C@H]2[C@@H]3CC[C@H]4C[C@](O)(C(F)(F)F)CC[C@]4(C)[C@H]3CC[C@]12C. The Morgan fingerprint density at radius 2 is 1.57 bits per heavy atom. The van der Waals surface area contributed by atoms with E-state index in [1.165, 1.54) is 0 Å². The summed E-state index contributed by atoms with van der Waals surface area (Å²) in [5.41, 5.74) is -1.71. The summed E-state index contributed by atoms with van der Waals surface area (Å²) in [6.07, 6.45) is 0.629. The Balaban J connectivity index is 1.28. The fourth-order valence-corrected chi connectivity index (χ4v) is 9.93. The maximum absolute atomic E-state index is 13.6. The molecule has 0 spiro atoms. The van der Waals surface area contributed by atoms with Crippen LogP contribution in [0.1, 0.15) is 96.6 Å². The molecule has 1 aromatic carbocycles. The van der Waals surface area contributed by atoms with Gasteiger partial charge in [0, 0.05) is 6.42 Å². The van der Waals surface area contributed by atoms with E-state index in [4.69, 9.17) is 0 Å². The second-order valence-electron chi connectivity index (χ2n) is 13.7. The van der Waals surface area contributed by atoms with Crippen LogP contribution in [-0.2, 0) is 0 Å². The van der Waals surface area contributed by atoms with Gasteiger partial charge in [-0.3, -0.25) is 0 Å². The molecule has 208 valence electrons. The van der Waals surface area contributed by atoms with Gasteiger partial charge >= 0.3 is 6.18 Å². The molecule has 0 radical (unpaired) electrons. The van der Waals surface area contributed by atoms with Gasteiger partial charge in [0.15, 0.2) is 5.60 Å². The third-order valence-electron chi connectivity index (χ3n) is 12.2.